The van der Waals surface area contributed by atoms with E-state index in [1.165, 1.54) is 0 Å². The molecule has 1 atom stereocenters. The number of hydrogen-bond acceptors (Lipinski definition) is 5. The van der Waals surface area contributed by atoms with Gasteiger partial charge in [0.05, 0.1) is 25.4 Å². The third-order valence-electron chi connectivity index (χ3n) is 4.41. The van der Waals surface area contributed by atoms with E-state index in [4.69, 9.17) is 9.47 Å². The van der Waals surface area contributed by atoms with E-state index >= 15 is 0 Å². The number of likely N-dealkylation sites (tertiary alicyclic amines) is 1. The van der Waals surface area contributed by atoms with Gasteiger partial charge in [0, 0.05) is 26.2 Å². The lowest BCUT2D eigenvalue weighted by Gasteiger charge is -2.33. The number of benzene rings is 1. The van der Waals surface area contributed by atoms with Gasteiger partial charge < -0.3 is 19.5 Å². The van der Waals surface area contributed by atoms with Crippen molar-refractivity contribution < 1.29 is 19.4 Å². The van der Waals surface area contributed by atoms with Crippen LogP contribution in [0.2, 0.25) is 0 Å². The van der Waals surface area contributed by atoms with Crippen molar-refractivity contribution in [2.45, 2.75) is 12.0 Å². The van der Waals surface area contributed by atoms with Gasteiger partial charge in [-0.15, -0.1) is 0 Å². The van der Waals surface area contributed by atoms with Crippen LogP contribution in [0.1, 0.15) is 6.42 Å². The summed E-state index contributed by atoms with van der Waals surface area (Å²) in [6, 6.07) is 9.30. The highest BCUT2D eigenvalue weighted by Crippen LogP contribution is 2.23. The van der Waals surface area contributed by atoms with Crippen molar-refractivity contribution in [2.75, 3.05) is 52.5 Å². The highest BCUT2D eigenvalue weighted by atomic mass is 16.5. The first-order valence-corrected chi connectivity index (χ1v) is 8.13. The normalized spacial score (nSPS) is 25.5. The Labute approximate surface area is 136 Å². The first kappa shape index (κ1) is 16.2. The van der Waals surface area contributed by atoms with Crippen LogP contribution in [-0.2, 0) is 9.53 Å². The molecular weight excluding hydrogens is 296 g/mol. The summed E-state index contributed by atoms with van der Waals surface area (Å²) in [6.45, 7) is 4.67. The quantitative estimate of drug-likeness (QED) is 0.849. The van der Waals surface area contributed by atoms with Gasteiger partial charge in [0.1, 0.15) is 5.75 Å². The molecule has 2 fully saturated rings. The van der Waals surface area contributed by atoms with Crippen LogP contribution in [0.25, 0.3) is 0 Å². The maximum absolute atomic E-state index is 12.3. The maximum atomic E-state index is 12.3. The molecule has 1 N–H and O–H groups in total. The molecule has 0 radical (unpaired) electrons. The number of hydrogen-bond donors (Lipinski definition) is 1. The van der Waals surface area contributed by atoms with Gasteiger partial charge in [0.15, 0.2) is 6.61 Å². The minimum atomic E-state index is -0.820. The minimum absolute atomic E-state index is 0.0116. The summed E-state index contributed by atoms with van der Waals surface area (Å²) < 4.78 is 10.8. The lowest BCUT2D eigenvalue weighted by atomic mass is 10.0. The van der Waals surface area contributed by atoms with E-state index in [1.807, 2.05) is 30.3 Å². The topological polar surface area (TPSA) is 62.2 Å². The predicted molar refractivity (Wildman–Crippen MR) is 85.3 cm³/mol. The number of para-hydroxylation sites is 1. The number of β-amino-alcohol motifs (C(OH)–C–C–N with tert-alkyl or cyclic N) is 1. The van der Waals surface area contributed by atoms with Gasteiger partial charge in [0.25, 0.3) is 5.91 Å². The molecule has 0 bridgehead atoms. The summed E-state index contributed by atoms with van der Waals surface area (Å²) in [6.07, 6.45) is 0.613. The molecule has 6 nitrogen and oxygen atoms in total. The molecule has 0 aliphatic carbocycles. The molecular formula is C17H24N2O4. The van der Waals surface area contributed by atoms with Crippen LogP contribution >= 0.6 is 0 Å². The summed E-state index contributed by atoms with van der Waals surface area (Å²) in [4.78, 5) is 16.2. The molecule has 126 valence electrons. The zero-order valence-corrected chi connectivity index (χ0v) is 13.3. The lowest BCUT2D eigenvalue weighted by molar-refractivity contribution is -0.133. The summed E-state index contributed by atoms with van der Waals surface area (Å²) in [5, 5.41) is 10.7. The van der Waals surface area contributed by atoms with Gasteiger partial charge in [-0.1, -0.05) is 18.2 Å². The van der Waals surface area contributed by atoms with Crippen LogP contribution < -0.4 is 4.74 Å². The molecule has 1 unspecified atom stereocenters. The third kappa shape index (κ3) is 4.43. The zero-order chi connectivity index (χ0) is 16.1. The van der Waals surface area contributed by atoms with Crippen molar-refractivity contribution in [1.29, 1.82) is 0 Å². The molecule has 2 aliphatic heterocycles. The first-order valence-electron chi connectivity index (χ1n) is 8.13. The van der Waals surface area contributed by atoms with Gasteiger partial charge >= 0.3 is 0 Å². The largest absolute Gasteiger partial charge is 0.484 e. The standard InChI is InChI=1S/C17H24N2O4/c20-16(12-23-15-4-2-1-3-5-15)19-7-6-17(21,14-19)13-18-8-10-22-11-9-18/h1-5,21H,6-14H2. The minimum Gasteiger partial charge on any atom is -0.484 e. The predicted octanol–water partition coefficient (Wildman–Crippen LogP) is 0.361. The van der Waals surface area contributed by atoms with Crippen molar-refractivity contribution >= 4 is 5.91 Å². The molecule has 0 saturated carbocycles. The van der Waals surface area contributed by atoms with Crippen LogP contribution in [0, 0.1) is 0 Å². The average Bonchev–Trinajstić information content (AvgIpc) is 2.96. The van der Waals surface area contributed by atoms with Gasteiger partial charge in [-0.2, -0.15) is 0 Å². The molecule has 3 rings (SSSR count). The number of carbonyl (C=O) groups is 1. The smallest absolute Gasteiger partial charge is 0.260 e. The monoisotopic (exact) mass is 320 g/mol. The van der Waals surface area contributed by atoms with Crippen molar-refractivity contribution in [1.82, 2.24) is 9.80 Å². The van der Waals surface area contributed by atoms with E-state index < -0.39 is 5.60 Å². The fourth-order valence-electron chi connectivity index (χ4n) is 3.13. The molecule has 0 spiro atoms. The summed E-state index contributed by atoms with van der Waals surface area (Å²) in [7, 11) is 0. The van der Waals surface area contributed by atoms with Crippen molar-refractivity contribution in [3.05, 3.63) is 30.3 Å². The first-order chi connectivity index (χ1) is 11.1. The molecule has 1 aromatic carbocycles. The van der Waals surface area contributed by atoms with Gasteiger partial charge in [-0.3, -0.25) is 9.69 Å². The van der Waals surface area contributed by atoms with Gasteiger partial charge in [-0.25, -0.2) is 0 Å². The Balaban J connectivity index is 1.47. The van der Waals surface area contributed by atoms with Crippen molar-refractivity contribution in [3.8, 4) is 5.75 Å². The molecule has 2 saturated heterocycles. The van der Waals surface area contributed by atoms with E-state index in [0.717, 1.165) is 13.1 Å². The maximum Gasteiger partial charge on any atom is 0.260 e. The Morgan fingerprint density at radius 1 is 1.22 bits per heavy atom. The molecule has 2 aliphatic rings. The number of rotatable bonds is 5. The summed E-state index contributed by atoms with van der Waals surface area (Å²) in [5.41, 5.74) is -0.820. The van der Waals surface area contributed by atoms with E-state index in [-0.39, 0.29) is 12.5 Å². The highest BCUT2D eigenvalue weighted by Gasteiger charge is 2.39. The second-order valence-electron chi connectivity index (χ2n) is 6.28. The van der Waals surface area contributed by atoms with E-state index in [2.05, 4.69) is 4.90 Å². The van der Waals surface area contributed by atoms with Crippen LogP contribution in [0.5, 0.6) is 5.75 Å². The zero-order valence-electron chi connectivity index (χ0n) is 13.3. The number of morpholine rings is 1. The number of ether oxygens (including phenoxy) is 2. The van der Waals surface area contributed by atoms with Crippen molar-refractivity contribution in [3.63, 3.8) is 0 Å². The van der Waals surface area contributed by atoms with Crippen LogP contribution in [0.4, 0.5) is 0 Å². The number of aliphatic hydroxyl groups is 1. The van der Waals surface area contributed by atoms with E-state index in [0.29, 0.717) is 45.0 Å². The number of amides is 1. The Hall–Kier alpha value is -1.63. The van der Waals surface area contributed by atoms with Crippen LogP contribution in [0.3, 0.4) is 0 Å². The molecule has 1 aromatic rings. The summed E-state index contributed by atoms with van der Waals surface area (Å²) >= 11 is 0. The molecule has 6 heteroatoms. The summed E-state index contributed by atoms with van der Waals surface area (Å²) in [5.74, 6) is 0.607. The highest BCUT2D eigenvalue weighted by molar-refractivity contribution is 5.78. The Morgan fingerprint density at radius 3 is 2.70 bits per heavy atom. The third-order valence-corrected chi connectivity index (χ3v) is 4.41. The van der Waals surface area contributed by atoms with Crippen LogP contribution in [0.15, 0.2) is 30.3 Å². The fraction of sp³-hybridized carbons (Fsp3) is 0.588. The number of nitrogens with zero attached hydrogens (tertiary/aromatic N) is 2. The second kappa shape index (κ2) is 7.29. The van der Waals surface area contributed by atoms with Crippen molar-refractivity contribution in [2.24, 2.45) is 0 Å². The Kier molecular flexibility index (Phi) is 5.15. The van der Waals surface area contributed by atoms with E-state index in [9.17, 15) is 9.90 Å². The van der Waals surface area contributed by atoms with Gasteiger partial charge in [-0.05, 0) is 18.6 Å². The lowest BCUT2D eigenvalue weighted by Crippen LogP contribution is -2.49. The average molecular weight is 320 g/mol. The molecule has 0 aromatic heterocycles. The Morgan fingerprint density at radius 2 is 1.96 bits per heavy atom. The van der Waals surface area contributed by atoms with Crippen LogP contribution in [-0.4, -0.2) is 79.0 Å². The second-order valence-corrected chi connectivity index (χ2v) is 6.28. The molecule has 23 heavy (non-hydrogen) atoms. The SMILES string of the molecule is O=C(COc1ccccc1)N1CCC(O)(CN2CCOCC2)C1. The van der Waals surface area contributed by atoms with Gasteiger partial charge in [0.2, 0.25) is 0 Å². The number of carbonyl (C=O) groups excluding carboxylic acids is 1. The Bertz CT molecular complexity index is 519. The molecule has 2 heterocycles. The van der Waals surface area contributed by atoms with E-state index in [1.54, 1.807) is 4.90 Å². The fourth-order valence-corrected chi connectivity index (χ4v) is 3.13. The molecule has 1 amide bonds.